The number of ether oxygens (including phenoxy) is 2. The van der Waals surface area contributed by atoms with Crippen LogP contribution >= 0.6 is 11.3 Å². The molecule has 0 saturated carbocycles. The van der Waals surface area contributed by atoms with Gasteiger partial charge in [0.2, 0.25) is 5.91 Å². The van der Waals surface area contributed by atoms with E-state index in [-0.39, 0.29) is 5.91 Å². The first-order valence-corrected chi connectivity index (χ1v) is 7.92. The van der Waals surface area contributed by atoms with Crippen LogP contribution in [0, 0.1) is 0 Å². The van der Waals surface area contributed by atoms with E-state index >= 15 is 0 Å². The number of carbonyl (C=O) groups excluding carboxylic acids is 1. The molecular weight excluding hydrogens is 286 g/mol. The minimum Gasteiger partial charge on any atom is -0.486 e. The molecule has 0 unspecified atom stereocenters. The van der Waals surface area contributed by atoms with Gasteiger partial charge < -0.3 is 14.8 Å². The fraction of sp³-hybridized carbons (Fsp3) is 0.312. The van der Waals surface area contributed by atoms with Crippen molar-refractivity contribution in [2.24, 2.45) is 0 Å². The molecule has 0 saturated heterocycles. The zero-order valence-electron chi connectivity index (χ0n) is 11.6. The molecule has 2 heterocycles. The third kappa shape index (κ3) is 3.55. The van der Waals surface area contributed by atoms with E-state index < -0.39 is 0 Å². The Morgan fingerprint density at radius 2 is 2.14 bits per heavy atom. The van der Waals surface area contributed by atoms with Crippen LogP contribution in [0.2, 0.25) is 0 Å². The number of aryl methyl sites for hydroxylation is 1. The van der Waals surface area contributed by atoms with Crippen molar-refractivity contribution in [2.75, 3.05) is 13.2 Å². The molecule has 21 heavy (non-hydrogen) atoms. The summed E-state index contributed by atoms with van der Waals surface area (Å²) in [6.45, 7) is 1.59. The summed E-state index contributed by atoms with van der Waals surface area (Å²) in [5, 5.41) is 7.04. The number of amides is 1. The Labute approximate surface area is 127 Å². The highest BCUT2D eigenvalue weighted by Gasteiger charge is 2.15. The normalized spacial score (nSPS) is 13.0. The standard InChI is InChI=1S/C16H17NO3S/c18-15(5-4-12-6-9-21-11-12)17-10-13-2-1-3-14-16(13)20-8-7-19-14/h1-3,6,9,11H,4-5,7-8,10H2,(H,17,18). The van der Waals surface area contributed by atoms with Crippen molar-refractivity contribution in [3.8, 4) is 11.5 Å². The van der Waals surface area contributed by atoms with Gasteiger partial charge in [0.15, 0.2) is 11.5 Å². The molecule has 0 aliphatic carbocycles. The Balaban J connectivity index is 1.54. The number of benzene rings is 1. The molecule has 1 amide bonds. The fourth-order valence-corrected chi connectivity index (χ4v) is 2.95. The average molecular weight is 303 g/mol. The summed E-state index contributed by atoms with van der Waals surface area (Å²) in [6, 6.07) is 7.81. The third-order valence-corrected chi connectivity index (χ3v) is 4.08. The molecule has 1 aliphatic heterocycles. The highest BCUT2D eigenvalue weighted by atomic mass is 32.1. The summed E-state index contributed by atoms with van der Waals surface area (Å²) < 4.78 is 11.2. The van der Waals surface area contributed by atoms with E-state index in [1.807, 2.05) is 23.6 Å². The first kappa shape index (κ1) is 13.9. The van der Waals surface area contributed by atoms with Crippen LogP contribution in [0.3, 0.4) is 0 Å². The van der Waals surface area contributed by atoms with Gasteiger partial charge in [0.05, 0.1) is 0 Å². The summed E-state index contributed by atoms with van der Waals surface area (Å²) >= 11 is 1.65. The predicted octanol–water partition coefficient (Wildman–Crippen LogP) is 2.77. The van der Waals surface area contributed by atoms with Crippen LogP contribution < -0.4 is 14.8 Å². The van der Waals surface area contributed by atoms with E-state index in [0.29, 0.717) is 26.2 Å². The topological polar surface area (TPSA) is 47.6 Å². The van der Waals surface area contributed by atoms with E-state index in [9.17, 15) is 4.79 Å². The minimum absolute atomic E-state index is 0.0514. The smallest absolute Gasteiger partial charge is 0.220 e. The maximum atomic E-state index is 11.9. The van der Waals surface area contributed by atoms with E-state index in [4.69, 9.17) is 9.47 Å². The van der Waals surface area contributed by atoms with E-state index in [1.54, 1.807) is 11.3 Å². The zero-order valence-corrected chi connectivity index (χ0v) is 12.4. The molecule has 110 valence electrons. The van der Waals surface area contributed by atoms with Gasteiger partial charge in [-0.2, -0.15) is 11.3 Å². The van der Waals surface area contributed by atoms with Gasteiger partial charge >= 0.3 is 0 Å². The van der Waals surface area contributed by atoms with Gasteiger partial charge in [-0.3, -0.25) is 4.79 Å². The molecule has 0 fully saturated rings. The molecule has 3 rings (SSSR count). The largest absolute Gasteiger partial charge is 0.486 e. The maximum absolute atomic E-state index is 11.9. The molecule has 1 N–H and O–H groups in total. The summed E-state index contributed by atoms with van der Waals surface area (Å²) in [7, 11) is 0. The lowest BCUT2D eigenvalue weighted by Crippen LogP contribution is -2.24. The monoisotopic (exact) mass is 303 g/mol. The van der Waals surface area contributed by atoms with Crippen LogP contribution in [0.1, 0.15) is 17.5 Å². The Bertz CT molecular complexity index is 610. The minimum atomic E-state index is 0.0514. The number of carbonyl (C=O) groups is 1. The Kier molecular flexibility index (Phi) is 4.40. The van der Waals surface area contributed by atoms with E-state index in [2.05, 4.69) is 16.8 Å². The van der Waals surface area contributed by atoms with E-state index in [1.165, 1.54) is 5.56 Å². The van der Waals surface area contributed by atoms with Crippen molar-refractivity contribution in [1.29, 1.82) is 0 Å². The Hall–Kier alpha value is -2.01. The van der Waals surface area contributed by atoms with Gasteiger partial charge in [-0.1, -0.05) is 12.1 Å². The molecule has 1 aliphatic rings. The number of hydrogen-bond acceptors (Lipinski definition) is 4. The lowest BCUT2D eigenvalue weighted by Gasteiger charge is -2.21. The number of nitrogens with one attached hydrogen (secondary N) is 1. The van der Waals surface area contributed by atoms with Gasteiger partial charge in [-0.05, 0) is 34.9 Å². The highest BCUT2D eigenvalue weighted by molar-refractivity contribution is 7.07. The van der Waals surface area contributed by atoms with Crippen LogP contribution in [0.5, 0.6) is 11.5 Å². The molecule has 1 aromatic carbocycles. The van der Waals surface area contributed by atoms with Crippen molar-refractivity contribution >= 4 is 17.2 Å². The molecule has 0 bridgehead atoms. The summed E-state index contributed by atoms with van der Waals surface area (Å²) in [4.78, 5) is 11.9. The number of para-hydroxylation sites is 1. The maximum Gasteiger partial charge on any atom is 0.220 e. The van der Waals surface area contributed by atoms with Crippen molar-refractivity contribution in [3.05, 3.63) is 46.2 Å². The van der Waals surface area contributed by atoms with Crippen molar-refractivity contribution < 1.29 is 14.3 Å². The molecule has 2 aromatic rings. The average Bonchev–Trinajstić information content (AvgIpc) is 3.04. The van der Waals surface area contributed by atoms with Crippen LogP contribution in [-0.4, -0.2) is 19.1 Å². The van der Waals surface area contributed by atoms with Gasteiger partial charge in [0, 0.05) is 18.5 Å². The Morgan fingerprint density at radius 3 is 3.00 bits per heavy atom. The number of rotatable bonds is 5. The molecule has 0 radical (unpaired) electrons. The third-order valence-electron chi connectivity index (χ3n) is 3.34. The van der Waals surface area contributed by atoms with Crippen LogP contribution in [0.25, 0.3) is 0 Å². The van der Waals surface area contributed by atoms with E-state index in [0.717, 1.165) is 23.5 Å². The molecule has 0 spiro atoms. The van der Waals surface area contributed by atoms with Gasteiger partial charge in [-0.15, -0.1) is 0 Å². The molecule has 4 nitrogen and oxygen atoms in total. The first-order valence-electron chi connectivity index (χ1n) is 6.98. The van der Waals surface area contributed by atoms with Gasteiger partial charge in [0.1, 0.15) is 13.2 Å². The first-order chi connectivity index (χ1) is 10.3. The number of fused-ring (bicyclic) bond motifs is 1. The summed E-state index contributed by atoms with van der Waals surface area (Å²) in [5.41, 5.74) is 2.17. The van der Waals surface area contributed by atoms with Gasteiger partial charge in [-0.25, -0.2) is 0 Å². The quantitative estimate of drug-likeness (QED) is 0.924. The summed E-state index contributed by atoms with van der Waals surface area (Å²) in [5.74, 6) is 1.56. The number of hydrogen-bond donors (Lipinski definition) is 1. The van der Waals surface area contributed by atoms with Crippen molar-refractivity contribution in [3.63, 3.8) is 0 Å². The Morgan fingerprint density at radius 1 is 1.24 bits per heavy atom. The van der Waals surface area contributed by atoms with Gasteiger partial charge in [0.25, 0.3) is 0 Å². The lowest BCUT2D eigenvalue weighted by molar-refractivity contribution is -0.121. The van der Waals surface area contributed by atoms with Crippen LogP contribution in [0.4, 0.5) is 0 Å². The molecule has 1 aromatic heterocycles. The SMILES string of the molecule is O=C(CCc1ccsc1)NCc1cccc2c1OCCO2. The fourth-order valence-electron chi connectivity index (χ4n) is 2.25. The van der Waals surface area contributed by atoms with Crippen molar-refractivity contribution in [2.45, 2.75) is 19.4 Å². The highest BCUT2D eigenvalue weighted by Crippen LogP contribution is 2.33. The lowest BCUT2D eigenvalue weighted by atomic mass is 10.1. The summed E-state index contributed by atoms with van der Waals surface area (Å²) in [6.07, 6.45) is 1.28. The number of thiophene rings is 1. The van der Waals surface area contributed by atoms with Crippen LogP contribution in [0.15, 0.2) is 35.0 Å². The second-order valence-electron chi connectivity index (χ2n) is 4.85. The molecule has 5 heteroatoms. The molecule has 0 atom stereocenters. The molecular formula is C16H17NO3S. The van der Waals surface area contributed by atoms with Crippen LogP contribution in [-0.2, 0) is 17.8 Å². The van der Waals surface area contributed by atoms with Crippen molar-refractivity contribution in [1.82, 2.24) is 5.32 Å². The second kappa shape index (κ2) is 6.63. The second-order valence-corrected chi connectivity index (χ2v) is 5.63. The zero-order chi connectivity index (χ0) is 14.5. The predicted molar refractivity (Wildman–Crippen MR) is 81.9 cm³/mol.